The predicted octanol–water partition coefficient (Wildman–Crippen LogP) is 6.29. The van der Waals surface area contributed by atoms with Crippen LogP contribution < -0.4 is 5.32 Å². The van der Waals surface area contributed by atoms with Crippen molar-refractivity contribution in [1.82, 2.24) is 0 Å². The maximum absolute atomic E-state index is 13.0. The monoisotopic (exact) mass is 389 g/mol. The highest BCUT2D eigenvalue weighted by Crippen LogP contribution is 2.41. The van der Waals surface area contributed by atoms with Crippen LogP contribution in [0.4, 0.5) is 18.9 Å². The molecule has 0 amide bonds. The van der Waals surface area contributed by atoms with Crippen molar-refractivity contribution in [3.05, 3.63) is 26.7 Å². The summed E-state index contributed by atoms with van der Waals surface area (Å²) < 4.78 is 39.8. The van der Waals surface area contributed by atoms with Gasteiger partial charge in [0.25, 0.3) is 0 Å². The zero-order chi connectivity index (χ0) is 14.9. The lowest BCUT2D eigenvalue weighted by molar-refractivity contribution is -0.184. The summed E-state index contributed by atoms with van der Waals surface area (Å²) in [6.07, 6.45) is -2.22. The number of benzene rings is 1. The van der Waals surface area contributed by atoms with E-state index < -0.39 is 18.1 Å². The second-order valence-electron chi connectivity index (χ2n) is 4.93. The van der Waals surface area contributed by atoms with Crippen LogP contribution in [-0.4, -0.2) is 12.2 Å². The highest BCUT2D eigenvalue weighted by molar-refractivity contribution is 9.10. The Hall–Kier alpha value is -0.130. The van der Waals surface area contributed by atoms with Gasteiger partial charge in [-0.1, -0.05) is 52.0 Å². The summed E-state index contributed by atoms with van der Waals surface area (Å²) in [4.78, 5) is 0. The molecule has 2 rings (SSSR count). The number of hydrogen-bond donors (Lipinski definition) is 1. The van der Waals surface area contributed by atoms with Crippen molar-refractivity contribution in [3.63, 3.8) is 0 Å². The van der Waals surface area contributed by atoms with Crippen molar-refractivity contribution in [2.45, 2.75) is 37.9 Å². The van der Waals surface area contributed by atoms with Crippen LogP contribution in [-0.2, 0) is 0 Å². The Morgan fingerprint density at radius 3 is 2.20 bits per heavy atom. The van der Waals surface area contributed by atoms with Gasteiger partial charge in [-0.2, -0.15) is 13.2 Å². The van der Waals surface area contributed by atoms with Crippen molar-refractivity contribution in [2.75, 3.05) is 5.32 Å². The highest BCUT2D eigenvalue weighted by Gasteiger charge is 2.45. The lowest BCUT2D eigenvalue weighted by atomic mass is 9.84. The van der Waals surface area contributed by atoms with E-state index in [0.29, 0.717) is 33.0 Å². The van der Waals surface area contributed by atoms with E-state index in [1.165, 1.54) is 0 Å². The van der Waals surface area contributed by atoms with E-state index >= 15 is 0 Å². The van der Waals surface area contributed by atoms with Crippen molar-refractivity contribution in [1.29, 1.82) is 0 Å². The van der Waals surface area contributed by atoms with Gasteiger partial charge < -0.3 is 5.32 Å². The summed E-state index contributed by atoms with van der Waals surface area (Å²) in [7, 11) is 0. The largest absolute Gasteiger partial charge is 0.393 e. The fraction of sp³-hybridized carbons (Fsp3) is 0.538. The standard InChI is InChI=1S/C13H13BrCl2F3N/c14-7-5-9(15)12(10(16)6-7)20-11-4-2-1-3-8(11)13(17,18)19/h5-6,8,11,20H,1-4H2. The first kappa shape index (κ1) is 16.2. The van der Waals surface area contributed by atoms with Gasteiger partial charge in [0.1, 0.15) is 0 Å². The quantitative estimate of drug-likeness (QED) is 0.625. The van der Waals surface area contributed by atoms with Crippen molar-refractivity contribution in [3.8, 4) is 0 Å². The molecule has 1 saturated carbocycles. The SMILES string of the molecule is FC(F)(F)C1CCCCC1Nc1c(Cl)cc(Br)cc1Cl. The molecule has 7 heteroatoms. The van der Waals surface area contributed by atoms with E-state index in [0.717, 1.165) is 6.42 Å². The number of hydrogen-bond acceptors (Lipinski definition) is 1. The molecule has 2 atom stereocenters. The van der Waals surface area contributed by atoms with Crippen LogP contribution in [0.5, 0.6) is 0 Å². The number of halogens is 6. The molecule has 0 bridgehead atoms. The zero-order valence-corrected chi connectivity index (χ0v) is 13.5. The second kappa shape index (κ2) is 6.32. The van der Waals surface area contributed by atoms with E-state index in [2.05, 4.69) is 21.2 Å². The van der Waals surface area contributed by atoms with Gasteiger partial charge in [0.05, 0.1) is 21.7 Å². The number of rotatable bonds is 2. The summed E-state index contributed by atoms with van der Waals surface area (Å²) >= 11 is 15.4. The van der Waals surface area contributed by atoms with Crippen LogP contribution in [0.15, 0.2) is 16.6 Å². The second-order valence-corrected chi connectivity index (χ2v) is 6.66. The molecule has 0 aliphatic heterocycles. The third kappa shape index (κ3) is 3.74. The molecular formula is C13H13BrCl2F3N. The molecular weight excluding hydrogens is 378 g/mol. The van der Waals surface area contributed by atoms with Crippen LogP contribution in [0, 0.1) is 5.92 Å². The fourth-order valence-electron chi connectivity index (χ4n) is 2.56. The third-order valence-electron chi connectivity index (χ3n) is 3.52. The zero-order valence-electron chi connectivity index (χ0n) is 10.4. The minimum atomic E-state index is -4.20. The Bertz CT molecular complexity index is 470. The minimum absolute atomic E-state index is 0.146. The molecule has 1 aromatic rings. The van der Waals surface area contributed by atoms with E-state index in [1.54, 1.807) is 12.1 Å². The number of alkyl halides is 3. The first-order valence-electron chi connectivity index (χ1n) is 6.27. The minimum Gasteiger partial charge on any atom is -0.379 e. The first-order valence-corrected chi connectivity index (χ1v) is 7.81. The molecule has 0 saturated heterocycles. The van der Waals surface area contributed by atoms with Crippen LogP contribution in [0.25, 0.3) is 0 Å². The number of nitrogens with one attached hydrogen (secondary N) is 1. The summed E-state index contributed by atoms with van der Waals surface area (Å²) in [5, 5.41) is 3.53. The maximum atomic E-state index is 13.0. The molecule has 1 aliphatic rings. The van der Waals surface area contributed by atoms with Crippen molar-refractivity contribution in [2.24, 2.45) is 5.92 Å². The molecule has 1 N–H and O–H groups in total. The molecule has 1 aliphatic carbocycles. The van der Waals surface area contributed by atoms with Gasteiger partial charge in [-0.3, -0.25) is 0 Å². The Balaban J connectivity index is 2.23. The molecule has 2 unspecified atom stereocenters. The summed E-state index contributed by atoms with van der Waals surface area (Å²) in [6, 6.07) is 2.54. The van der Waals surface area contributed by atoms with Gasteiger partial charge >= 0.3 is 6.18 Å². The van der Waals surface area contributed by atoms with Gasteiger partial charge in [-0.15, -0.1) is 0 Å². The molecule has 1 fully saturated rings. The molecule has 0 spiro atoms. The Labute approximate surface area is 134 Å². The summed E-state index contributed by atoms with van der Waals surface area (Å²) in [5.41, 5.74) is 0.373. The fourth-order valence-corrected chi connectivity index (χ4v) is 3.88. The molecule has 1 nitrogen and oxygen atoms in total. The normalized spacial score (nSPS) is 23.7. The number of anilines is 1. The Kier molecular flexibility index (Phi) is 5.14. The van der Waals surface area contributed by atoms with E-state index in [9.17, 15) is 13.2 Å². The molecule has 20 heavy (non-hydrogen) atoms. The van der Waals surface area contributed by atoms with Crippen LogP contribution >= 0.6 is 39.1 Å². The average Bonchev–Trinajstić information content (AvgIpc) is 2.33. The smallest absolute Gasteiger partial charge is 0.379 e. The Morgan fingerprint density at radius 1 is 1.10 bits per heavy atom. The lowest BCUT2D eigenvalue weighted by Crippen LogP contribution is -2.41. The lowest BCUT2D eigenvalue weighted by Gasteiger charge is -2.34. The van der Waals surface area contributed by atoms with Crippen LogP contribution in [0.1, 0.15) is 25.7 Å². The van der Waals surface area contributed by atoms with E-state index in [1.807, 2.05) is 0 Å². The van der Waals surface area contributed by atoms with E-state index in [4.69, 9.17) is 23.2 Å². The van der Waals surface area contributed by atoms with Gasteiger partial charge in [0, 0.05) is 10.5 Å². The van der Waals surface area contributed by atoms with Gasteiger partial charge in [0.15, 0.2) is 0 Å². The molecule has 0 heterocycles. The maximum Gasteiger partial charge on any atom is 0.393 e. The van der Waals surface area contributed by atoms with Crippen molar-refractivity contribution >= 4 is 44.8 Å². The molecule has 0 radical (unpaired) electrons. The Morgan fingerprint density at radius 2 is 1.65 bits per heavy atom. The molecule has 112 valence electrons. The van der Waals surface area contributed by atoms with Crippen LogP contribution in [0.2, 0.25) is 10.0 Å². The van der Waals surface area contributed by atoms with Gasteiger partial charge in [-0.05, 0) is 25.0 Å². The third-order valence-corrected chi connectivity index (χ3v) is 4.58. The molecule has 1 aromatic carbocycles. The van der Waals surface area contributed by atoms with Crippen molar-refractivity contribution < 1.29 is 13.2 Å². The van der Waals surface area contributed by atoms with E-state index in [-0.39, 0.29) is 6.42 Å². The summed E-state index contributed by atoms with van der Waals surface area (Å²) in [5.74, 6) is -1.35. The first-order chi connectivity index (χ1) is 9.29. The van der Waals surface area contributed by atoms with Gasteiger partial charge in [-0.25, -0.2) is 0 Å². The predicted molar refractivity (Wildman–Crippen MR) is 79.6 cm³/mol. The highest BCUT2D eigenvalue weighted by atomic mass is 79.9. The van der Waals surface area contributed by atoms with Gasteiger partial charge in [0.2, 0.25) is 0 Å². The summed E-state index contributed by atoms with van der Waals surface area (Å²) in [6.45, 7) is 0. The van der Waals surface area contributed by atoms with Crippen LogP contribution in [0.3, 0.4) is 0 Å². The average molecular weight is 391 g/mol. The topological polar surface area (TPSA) is 12.0 Å². The molecule has 0 aromatic heterocycles.